The lowest BCUT2D eigenvalue weighted by atomic mass is 10.2. The fourth-order valence-corrected chi connectivity index (χ4v) is 2.46. The van der Waals surface area contributed by atoms with Gasteiger partial charge in [-0.3, -0.25) is 0 Å². The van der Waals surface area contributed by atoms with Gasteiger partial charge in [-0.1, -0.05) is 23.2 Å². The van der Waals surface area contributed by atoms with E-state index in [0.717, 1.165) is 0 Å². The average Bonchev–Trinajstić information content (AvgIpc) is 2.75. The Morgan fingerprint density at radius 2 is 2.00 bits per heavy atom. The third kappa shape index (κ3) is 3.27. The smallest absolute Gasteiger partial charge is 0.326 e. The molecular formula is C11H11Cl2N3O3. The van der Waals surface area contributed by atoms with E-state index in [0.29, 0.717) is 25.1 Å². The molecule has 0 radical (unpaired) electrons. The average molecular weight is 304 g/mol. The summed E-state index contributed by atoms with van der Waals surface area (Å²) in [6.07, 6.45) is 1.13. The molecule has 1 fully saturated rings. The predicted molar refractivity (Wildman–Crippen MR) is 70.6 cm³/mol. The highest BCUT2D eigenvalue weighted by Gasteiger charge is 2.33. The number of hydrogen-bond donors (Lipinski definition) is 2. The Kier molecular flexibility index (Phi) is 4.11. The summed E-state index contributed by atoms with van der Waals surface area (Å²) in [5, 5.41) is 11.9. The molecule has 1 aromatic rings. The third-order valence-corrected chi connectivity index (χ3v) is 3.20. The van der Waals surface area contributed by atoms with Crippen LogP contribution in [0.4, 0.5) is 10.5 Å². The van der Waals surface area contributed by atoms with Crippen molar-refractivity contribution in [3.05, 3.63) is 22.4 Å². The predicted octanol–water partition coefficient (Wildman–Crippen LogP) is 2.47. The van der Waals surface area contributed by atoms with E-state index >= 15 is 0 Å². The standard InChI is InChI=1S/C11H11Cl2N3O3/c12-8-4-6(5-9(13)15-8)14-11(19)16-3-1-2-7(16)10(17)18/h4-5,7H,1-3H2,(H,17,18)(H,14,15,19). The maximum absolute atomic E-state index is 12.0. The number of pyridine rings is 1. The molecule has 1 aliphatic heterocycles. The minimum absolute atomic E-state index is 0.152. The molecule has 2 rings (SSSR count). The van der Waals surface area contributed by atoms with Crippen molar-refractivity contribution in [1.82, 2.24) is 9.88 Å². The maximum Gasteiger partial charge on any atom is 0.326 e. The summed E-state index contributed by atoms with van der Waals surface area (Å²) in [4.78, 5) is 28.0. The van der Waals surface area contributed by atoms with Crippen LogP contribution in [0, 0.1) is 0 Å². The Labute approximate surface area is 119 Å². The van der Waals surface area contributed by atoms with Crippen LogP contribution in [-0.4, -0.2) is 39.6 Å². The number of carboxylic acids is 1. The molecule has 2 N–H and O–H groups in total. The molecular weight excluding hydrogens is 293 g/mol. The number of urea groups is 1. The van der Waals surface area contributed by atoms with Gasteiger partial charge in [-0.25, -0.2) is 14.6 Å². The molecule has 0 bridgehead atoms. The van der Waals surface area contributed by atoms with E-state index in [1.165, 1.54) is 17.0 Å². The van der Waals surface area contributed by atoms with Crippen molar-refractivity contribution < 1.29 is 14.7 Å². The third-order valence-electron chi connectivity index (χ3n) is 2.81. The van der Waals surface area contributed by atoms with E-state index in [1.54, 1.807) is 0 Å². The maximum atomic E-state index is 12.0. The van der Waals surface area contributed by atoms with Crippen LogP contribution in [-0.2, 0) is 4.79 Å². The number of aliphatic carboxylic acids is 1. The van der Waals surface area contributed by atoms with Crippen LogP contribution in [0.1, 0.15) is 12.8 Å². The number of anilines is 1. The minimum Gasteiger partial charge on any atom is -0.480 e. The fraction of sp³-hybridized carbons (Fsp3) is 0.364. The van der Waals surface area contributed by atoms with Gasteiger partial charge >= 0.3 is 12.0 Å². The highest BCUT2D eigenvalue weighted by Crippen LogP contribution is 2.22. The van der Waals surface area contributed by atoms with Crippen LogP contribution in [0.25, 0.3) is 0 Å². The van der Waals surface area contributed by atoms with E-state index in [2.05, 4.69) is 10.3 Å². The van der Waals surface area contributed by atoms with Crippen LogP contribution < -0.4 is 5.32 Å². The number of nitrogens with one attached hydrogen (secondary N) is 1. The molecule has 0 saturated carbocycles. The van der Waals surface area contributed by atoms with Crippen molar-refractivity contribution in [2.75, 3.05) is 11.9 Å². The molecule has 0 spiro atoms. The Morgan fingerprint density at radius 3 is 2.58 bits per heavy atom. The molecule has 1 aliphatic rings. The van der Waals surface area contributed by atoms with E-state index < -0.39 is 18.0 Å². The van der Waals surface area contributed by atoms with E-state index in [4.69, 9.17) is 28.3 Å². The second-order valence-electron chi connectivity index (χ2n) is 4.12. The molecule has 19 heavy (non-hydrogen) atoms. The van der Waals surface area contributed by atoms with Crippen LogP contribution in [0.3, 0.4) is 0 Å². The van der Waals surface area contributed by atoms with Gasteiger partial charge in [0, 0.05) is 12.2 Å². The summed E-state index contributed by atoms with van der Waals surface area (Å²) in [6.45, 7) is 0.412. The molecule has 0 aromatic carbocycles. The first-order chi connectivity index (χ1) is 8.97. The van der Waals surface area contributed by atoms with E-state index in [1.807, 2.05) is 0 Å². The monoisotopic (exact) mass is 303 g/mol. The first-order valence-corrected chi connectivity index (χ1v) is 6.36. The first-order valence-electron chi connectivity index (χ1n) is 5.61. The zero-order chi connectivity index (χ0) is 14.0. The van der Waals surface area contributed by atoms with Crippen molar-refractivity contribution in [2.45, 2.75) is 18.9 Å². The lowest BCUT2D eigenvalue weighted by Gasteiger charge is -2.21. The van der Waals surface area contributed by atoms with Crippen LogP contribution in [0.2, 0.25) is 10.3 Å². The summed E-state index contributed by atoms with van der Waals surface area (Å²) in [5.74, 6) is -1.00. The van der Waals surface area contributed by atoms with Crippen LogP contribution in [0.15, 0.2) is 12.1 Å². The number of carbonyl (C=O) groups is 2. The quantitative estimate of drug-likeness (QED) is 0.822. The highest BCUT2D eigenvalue weighted by atomic mass is 35.5. The van der Waals surface area contributed by atoms with Crippen LogP contribution in [0.5, 0.6) is 0 Å². The van der Waals surface area contributed by atoms with E-state index in [-0.39, 0.29) is 10.3 Å². The molecule has 1 saturated heterocycles. The zero-order valence-corrected chi connectivity index (χ0v) is 11.3. The fourth-order valence-electron chi connectivity index (χ4n) is 2.00. The van der Waals surface area contributed by atoms with Crippen LogP contribution >= 0.6 is 23.2 Å². The molecule has 6 nitrogen and oxygen atoms in total. The number of rotatable bonds is 2. The van der Waals surface area contributed by atoms with Gasteiger partial charge in [0.1, 0.15) is 16.3 Å². The number of carboxylic acid groups (broad SMARTS) is 1. The molecule has 2 heterocycles. The summed E-state index contributed by atoms with van der Waals surface area (Å²) in [5.41, 5.74) is 0.381. The van der Waals surface area contributed by atoms with Gasteiger partial charge in [0.2, 0.25) is 0 Å². The van der Waals surface area contributed by atoms with Crippen molar-refractivity contribution in [1.29, 1.82) is 0 Å². The summed E-state index contributed by atoms with van der Waals surface area (Å²) < 4.78 is 0. The van der Waals surface area contributed by atoms with Gasteiger partial charge in [0.15, 0.2) is 0 Å². The number of likely N-dealkylation sites (tertiary alicyclic amines) is 1. The summed E-state index contributed by atoms with van der Waals surface area (Å²) >= 11 is 11.4. The van der Waals surface area contributed by atoms with Crippen molar-refractivity contribution >= 4 is 40.9 Å². The van der Waals surface area contributed by atoms with Gasteiger partial charge < -0.3 is 15.3 Å². The lowest BCUT2D eigenvalue weighted by molar-refractivity contribution is -0.141. The second-order valence-corrected chi connectivity index (χ2v) is 4.90. The molecule has 2 amide bonds. The van der Waals surface area contributed by atoms with Gasteiger partial charge in [-0.05, 0) is 25.0 Å². The zero-order valence-electron chi connectivity index (χ0n) is 9.77. The Bertz CT molecular complexity index is 504. The molecule has 8 heteroatoms. The van der Waals surface area contributed by atoms with Gasteiger partial charge in [0.05, 0.1) is 0 Å². The van der Waals surface area contributed by atoms with Gasteiger partial charge in [0.25, 0.3) is 0 Å². The Morgan fingerprint density at radius 1 is 1.37 bits per heavy atom. The van der Waals surface area contributed by atoms with Crippen molar-refractivity contribution in [3.63, 3.8) is 0 Å². The minimum atomic E-state index is -1.00. The highest BCUT2D eigenvalue weighted by molar-refractivity contribution is 6.32. The Balaban J connectivity index is 2.10. The SMILES string of the molecule is O=C(O)C1CCCN1C(=O)Nc1cc(Cl)nc(Cl)c1. The van der Waals surface area contributed by atoms with Crippen molar-refractivity contribution in [3.8, 4) is 0 Å². The summed E-state index contributed by atoms with van der Waals surface area (Å²) in [6, 6.07) is 1.62. The molecule has 1 unspecified atom stereocenters. The van der Waals surface area contributed by atoms with Gasteiger partial charge in [-0.15, -0.1) is 0 Å². The second kappa shape index (κ2) is 5.63. The molecule has 1 aromatic heterocycles. The number of aromatic nitrogens is 1. The number of nitrogens with zero attached hydrogens (tertiary/aromatic N) is 2. The molecule has 0 aliphatic carbocycles. The van der Waals surface area contributed by atoms with E-state index in [9.17, 15) is 9.59 Å². The largest absolute Gasteiger partial charge is 0.480 e. The van der Waals surface area contributed by atoms with Gasteiger partial charge in [-0.2, -0.15) is 0 Å². The molecule has 102 valence electrons. The topological polar surface area (TPSA) is 82.5 Å². The number of amides is 2. The Hall–Kier alpha value is -1.53. The number of halogens is 2. The lowest BCUT2D eigenvalue weighted by Crippen LogP contribution is -2.42. The first kappa shape index (κ1) is 13.9. The summed E-state index contributed by atoms with van der Waals surface area (Å²) in [7, 11) is 0. The number of hydrogen-bond acceptors (Lipinski definition) is 3. The van der Waals surface area contributed by atoms with Crippen molar-refractivity contribution in [2.24, 2.45) is 0 Å². The normalized spacial score (nSPS) is 18.4. The number of carbonyl (C=O) groups excluding carboxylic acids is 1. The molecule has 1 atom stereocenters.